The molecule has 0 bridgehead atoms. The van der Waals surface area contributed by atoms with Gasteiger partial charge in [-0.25, -0.2) is 4.39 Å². The molecule has 1 aromatic carbocycles. The van der Waals surface area contributed by atoms with E-state index in [4.69, 9.17) is 0 Å². The molecule has 1 N–H and O–H groups in total. The second-order valence-electron chi connectivity index (χ2n) is 4.87. The second kappa shape index (κ2) is 5.82. The highest BCUT2D eigenvalue weighted by molar-refractivity contribution is 5.82. The second-order valence-corrected chi connectivity index (χ2v) is 4.87. The minimum Gasteiger partial charge on any atom is -0.351 e. The first-order valence-electron chi connectivity index (χ1n) is 6.32. The van der Waals surface area contributed by atoms with E-state index in [0.717, 1.165) is 5.56 Å². The van der Waals surface area contributed by atoms with Crippen LogP contribution in [0.4, 0.5) is 4.39 Å². The van der Waals surface area contributed by atoms with Crippen LogP contribution in [0.1, 0.15) is 18.4 Å². The van der Waals surface area contributed by atoms with Crippen LogP contribution in [-0.4, -0.2) is 36.3 Å². The predicted molar refractivity (Wildman–Crippen MR) is 68.9 cm³/mol. The van der Waals surface area contributed by atoms with E-state index in [-0.39, 0.29) is 23.7 Å². The highest BCUT2D eigenvalue weighted by Crippen LogP contribution is 2.09. The lowest BCUT2D eigenvalue weighted by molar-refractivity contribution is -0.126. The number of benzene rings is 1. The van der Waals surface area contributed by atoms with Crippen molar-refractivity contribution in [3.63, 3.8) is 0 Å². The smallest absolute Gasteiger partial charge is 0.224 e. The average Bonchev–Trinajstić information content (AvgIpc) is 2.67. The topological polar surface area (TPSA) is 49.4 Å². The maximum absolute atomic E-state index is 12.7. The quantitative estimate of drug-likeness (QED) is 0.885. The lowest BCUT2D eigenvalue weighted by Gasteiger charge is -2.12. The van der Waals surface area contributed by atoms with Crippen molar-refractivity contribution in [1.82, 2.24) is 10.2 Å². The van der Waals surface area contributed by atoms with E-state index in [0.29, 0.717) is 25.8 Å². The van der Waals surface area contributed by atoms with Gasteiger partial charge in [0.05, 0.1) is 6.04 Å². The zero-order valence-corrected chi connectivity index (χ0v) is 10.9. The molecule has 1 unspecified atom stereocenters. The Balaban J connectivity index is 1.76. The Kier molecular flexibility index (Phi) is 4.14. The van der Waals surface area contributed by atoms with Crippen LogP contribution in [-0.2, 0) is 16.0 Å². The fourth-order valence-electron chi connectivity index (χ4n) is 2.17. The number of hydrogen-bond donors (Lipinski definition) is 1. The van der Waals surface area contributed by atoms with Gasteiger partial charge in [0.1, 0.15) is 5.82 Å². The zero-order chi connectivity index (χ0) is 13.8. The van der Waals surface area contributed by atoms with Gasteiger partial charge in [0.15, 0.2) is 0 Å². The molecule has 1 aromatic rings. The van der Waals surface area contributed by atoms with Crippen LogP contribution >= 0.6 is 0 Å². The number of nitrogens with one attached hydrogen (secondary N) is 1. The molecule has 1 aliphatic heterocycles. The number of amides is 2. The van der Waals surface area contributed by atoms with Crippen LogP contribution in [0.3, 0.4) is 0 Å². The number of carbonyl (C=O) groups excluding carboxylic acids is 2. The third-order valence-electron chi connectivity index (χ3n) is 3.26. The van der Waals surface area contributed by atoms with Gasteiger partial charge >= 0.3 is 0 Å². The van der Waals surface area contributed by atoms with Crippen molar-refractivity contribution in [2.45, 2.75) is 25.3 Å². The lowest BCUT2D eigenvalue weighted by atomic mass is 10.1. The number of aryl methyl sites for hydroxylation is 1. The van der Waals surface area contributed by atoms with Gasteiger partial charge in [-0.15, -0.1) is 0 Å². The number of nitrogens with zero attached hydrogens (tertiary/aromatic N) is 1. The van der Waals surface area contributed by atoms with Gasteiger partial charge in [-0.3, -0.25) is 9.59 Å². The van der Waals surface area contributed by atoms with E-state index in [1.807, 2.05) is 0 Å². The largest absolute Gasteiger partial charge is 0.351 e. The Labute approximate surface area is 111 Å². The van der Waals surface area contributed by atoms with E-state index < -0.39 is 0 Å². The van der Waals surface area contributed by atoms with Crippen molar-refractivity contribution >= 4 is 11.8 Å². The monoisotopic (exact) mass is 264 g/mol. The summed E-state index contributed by atoms with van der Waals surface area (Å²) in [5.74, 6) is -0.290. The van der Waals surface area contributed by atoms with Crippen molar-refractivity contribution in [3.8, 4) is 0 Å². The van der Waals surface area contributed by atoms with E-state index in [1.54, 1.807) is 24.1 Å². The summed E-state index contributed by atoms with van der Waals surface area (Å²) in [4.78, 5) is 24.7. The molecule has 0 aliphatic carbocycles. The summed E-state index contributed by atoms with van der Waals surface area (Å²) in [5, 5.41) is 2.85. The summed E-state index contributed by atoms with van der Waals surface area (Å²) in [6.45, 7) is 0.571. The van der Waals surface area contributed by atoms with Crippen molar-refractivity contribution in [3.05, 3.63) is 35.6 Å². The minimum absolute atomic E-state index is 0.0591. The first-order chi connectivity index (χ1) is 9.04. The molecule has 5 heteroatoms. The molecule has 1 saturated heterocycles. The molecule has 0 spiro atoms. The first-order valence-corrected chi connectivity index (χ1v) is 6.32. The molecule has 4 nitrogen and oxygen atoms in total. The number of halogens is 1. The standard InChI is InChI=1S/C14H17FN2O2/c1-17-9-12(8-14(17)19)16-13(18)7-4-10-2-5-11(15)6-3-10/h2-3,5-6,12H,4,7-9H2,1H3,(H,16,18). The Bertz CT molecular complexity index is 473. The van der Waals surface area contributed by atoms with Crippen molar-refractivity contribution < 1.29 is 14.0 Å². The van der Waals surface area contributed by atoms with Gasteiger partial charge in [-0.1, -0.05) is 12.1 Å². The van der Waals surface area contributed by atoms with Crippen molar-refractivity contribution in [1.29, 1.82) is 0 Å². The fourth-order valence-corrected chi connectivity index (χ4v) is 2.17. The average molecular weight is 264 g/mol. The van der Waals surface area contributed by atoms with Crippen molar-refractivity contribution in [2.24, 2.45) is 0 Å². The van der Waals surface area contributed by atoms with Gasteiger partial charge < -0.3 is 10.2 Å². The molecule has 0 saturated carbocycles. The molecule has 0 radical (unpaired) electrons. The minimum atomic E-state index is -0.277. The maximum Gasteiger partial charge on any atom is 0.224 e. The third-order valence-corrected chi connectivity index (χ3v) is 3.26. The molecule has 0 aromatic heterocycles. The SMILES string of the molecule is CN1CC(NC(=O)CCc2ccc(F)cc2)CC1=O. The first kappa shape index (κ1) is 13.5. The summed E-state index contributed by atoms with van der Waals surface area (Å²) in [7, 11) is 1.73. The molecule has 102 valence electrons. The van der Waals surface area contributed by atoms with Crippen molar-refractivity contribution in [2.75, 3.05) is 13.6 Å². The number of rotatable bonds is 4. The molecule has 2 amide bonds. The summed E-state index contributed by atoms with van der Waals surface area (Å²) in [6.07, 6.45) is 1.29. The van der Waals surface area contributed by atoms with Crippen LogP contribution < -0.4 is 5.32 Å². The maximum atomic E-state index is 12.7. The van der Waals surface area contributed by atoms with Gasteiger partial charge in [-0.2, -0.15) is 0 Å². The fraction of sp³-hybridized carbons (Fsp3) is 0.429. The normalized spacial score (nSPS) is 18.7. The van der Waals surface area contributed by atoms with E-state index in [2.05, 4.69) is 5.32 Å². The summed E-state index contributed by atoms with van der Waals surface area (Å²) >= 11 is 0. The summed E-state index contributed by atoms with van der Waals surface area (Å²) in [6, 6.07) is 6.04. The van der Waals surface area contributed by atoms with Crippen LogP contribution in [0.2, 0.25) is 0 Å². The summed E-state index contributed by atoms with van der Waals surface area (Å²) < 4.78 is 12.7. The molecule has 1 fully saturated rings. The molecule has 2 rings (SSSR count). The number of hydrogen-bond acceptors (Lipinski definition) is 2. The van der Waals surface area contributed by atoms with E-state index in [9.17, 15) is 14.0 Å². The summed E-state index contributed by atoms with van der Waals surface area (Å²) in [5.41, 5.74) is 0.927. The Hall–Kier alpha value is -1.91. The molecule has 1 aliphatic rings. The van der Waals surface area contributed by atoms with Crippen LogP contribution in [0.15, 0.2) is 24.3 Å². The van der Waals surface area contributed by atoms with Gasteiger partial charge in [0, 0.05) is 26.4 Å². The Morgan fingerprint density at radius 1 is 1.42 bits per heavy atom. The zero-order valence-electron chi connectivity index (χ0n) is 10.9. The molecule has 1 heterocycles. The van der Waals surface area contributed by atoms with E-state index >= 15 is 0 Å². The van der Waals surface area contributed by atoms with Crippen LogP contribution in [0.25, 0.3) is 0 Å². The van der Waals surface area contributed by atoms with Gasteiger partial charge in [0.25, 0.3) is 0 Å². The molecule has 1 atom stereocenters. The number of likely N-dealkylation sites (tertiary alicyclic amines) is 1. The Morgan fingerprint density at radius 3 is 2.68 bits per heavy atom. The highest BCUT2D eigenvalue weighted by Gasteiger charge is 2.27. The highest BCUT2D eigenvalue weighted by atomic mass is 19.1. The molecule has 19 heavy (non-hydrogen) atoms. The number of likely N-dealkylation sites (N-methyl/N-ethyl adjacent to an activating group) is 1. The number of carbonyl (C=O) groups is 2. The molecular weight excluding hydrogens is 247 g/mol. The van der Waals surface area contributed by atoms with E-state index in [1.165, 1.54) is 12.1 Å². The van der Waals surface area contributed by atoms with Crippen LogP contribution in [0, 0.1) is 5.82 Å². The molecular formula is C14H17FN2O2. The van der Waals surface area contributed by atoms with Crippen LogP contribution in [0.5, 0.6) is 0 Å². The predicted octanol–water partition coefficient (Wildman–Crippen LogP) is 1.11. The van der Waals surface area contributed by atoms with Gasteiger partial charge in [0.2, 0.25) is 11.8 Å². The Morgan fingerprint density at radius 2 is 2.11 bits per heavy atom. The lowest BCUT2D eigenvalue weighted by Crippen LogP contribution is -2.36. The van der Waals surface area contributed by atoms with Gasteiger partial charge in [-0.05, 0) is 24.1 Å². The third kappa shape index (κ3) is 3.77.